The molecule has 0 saturated carbocycles. The van der Waals surface area contributed by atoms with E-state index in [4.69, 9.17) is 0 Å². The molecule has 0 radical (unpaired) electrons. The van der Waals surface area contributed by atoms with E-state index in [0.29, 0.717) is 10.8 Å². The predicted molar refractivity (Wildman–Crippen MR) is 69.6 cm³/mol. The Kier molecular flexibility index (Phi) is 3.93. The molecule has 1 aromatic carbocycles. The Labute approximate surface area is 109 Å². The molecule has 1 aromatic heterocycles. The number of carbonyl (C=O) groups is 1. The van der Waals surface area contributed by atoms with Crippen molar-refractivity contribution in [2.45, 2.75) is 24.0 Å². The lowest BCUT2D eigenvalue weighted by molar-refractivity contribution is 0.102. The van der Waals surface area contributed by atoms with Gasteiger partial charge in [0.1, 0.15) is 0 Å². The first-order valence-electron chi connectivity index (χ1n) is 5.47. The van der Waals surface area contributed by atoms with Crippen LogP contribution in [-0.4, -0.2) is 31.8 Å². The summed E-state index contributed by atoms with van der Waals surface area (Å²) in [4.78, 5) is 13.0. The Bertz CT molecular complexity index is 526. The molecular weight excluding hydrogens is 250 g/mol. The van der Waals surface area contributed by atoms with Gasteiger partial charge in [-0.05, 0) is 17.3 Å². The number of rotatable bonds is 4. The van der Waals surface area contributed by atoms with Crippen LogP contribution in [0.2, 0.25) is 0 Å². The van der Waals surface area contributed by atoms with E-state index in [1.807, 2.05) is 18.2 Å². The lowest BCUT2D eigenvalue weighted by atomic mass is 10.2. The van der Waals surface area contributed by atoms with Gasteiger partial charge >= 0.3 is 0 Å². The van der Waals surface area contributed by atoms with Crippen LogP contribution in [0.1, 0.15) is 24.2 Å². The van der Waals surface area contributed by atoms with Crippen LogP contribution in [0.25, 0.3) is 0 Å². The molecule has 1 heterocycles. The Morgan fingerprint density at radius 3 is 2.83 bits per heavy atom. The van der Waals surface area contributed by atoms with Gasteiger partial charge in [-0.2, -0.15) is 5.21 Å². The number of thioether (sulfide) groups is 1. The summed E-state index contributed by atoms with van der Waals surface area (Å²) in [5.41, 5.74) is 0.612. The third-order valence-corrected chi connectivity index (χ3v) is 3.15. The van der Waals surface area contributed by atoms with Crippen LogP contribution >= 0.6 is 11.8 Å². The number of benzene rings is 1. The molecule has 0 atom stereocenters. The third-order valence-electron chi connectivity index (χ3n) is 2.07. The minimum absolute atomic E-state index is 0.171. The summed E-state index contributed by atoms with van der Waals surface area (Å²) in [7, 11) is 0. The second-order valence-corrected chi connectivity index (χ2v) is 5.47. The number of anilines is 1. The zero-order valence-corrected chi connectivity index (χ0v) is 10.9. The summed E-state index contributed by atoms with van der Waals surface area (Å²) in [6, 6.07) is 7.45. The molecule has 0 saturated heterocycles. The fourth-order valence-corrected chi connectivity index (χ4v) is 2.35. The number of H-pyrrole nitrogens is 1. The molecule has 0 unspecified atom stereocenters. The minimum Gasteiger partial charge on any atom is -0.288 e. The zero-order valence-electron chi connectivity index (χ0n) is 10.0. The number of aromatic amines is 1. The van der Waals surface area contributed by atoms with Crippen LogP contribution in [-0.2, 0) is 0 Å². The predicted octanol–water partition coefficient (Wildman–Crippen LogP) is 1.95. The fourth-order valence-electron chi connectivity index (χ4n) is 1.39. The van der Waals surface area contributed by atoms with Gasteiger partial charge in [0.05, 0.1) is 5.56 Å². The fraction of sp³-hybridized carbons (Fsp3) is 0.273. The first-order valence-corrected chi connectivity index (χ1v) is 6.35. The summed E-state index contributed by atoms with van der Waals surface area (Å²) in [5.74, 6) is -0.0653. The van der Waals surface area contributed by atoms with Gasteiger partial charge in [0, 0.05) is 10.1 Å². The maximum absolute atomic E-state index is 12.1. The largest absolute Gasteiger partial charge is 0.288 e. The standard InChI is InChI=1S/C11H13N5OS/c1-7(2)18-9-6-4-3-5-8(9)10(17)12-11-13-15-16-14-11/h3-7H,1-2H3,(H2,12,13,14,15,16,17). The van der Waals surface area contributed by atoms with Crippen LogP contribution in [0.15, 0.2) is 29.2 Å². The Balaban J connectivity index is 2.19. The van der Waals surface area contributed by atoms with E-state index in [1.54, 1.807) is 17.8 Å². The van der Waals surface area contributed by atoms with Crippen LogP contribution in [0, 0.1) is 0 Å². The number of amides is 1. The molecule has 0 bridgehead atoms. The van der Waals surface area contributed by atoms with Crippen molar-refractivity contribution in [1.29, 1.82) is 0 Å². The molecule has 18 heavy (non-hydrogen) atoms. The quantitative estimate of drug-likeness (QED) is 0.824. The second-order valence-electron chi connectivity index (χ2n) is 3.85. The molecule has 2 rings (SSSR count). The number of nitrogens with zero attached hydrogens (tertiary/aromatic N) is 3. The lowest BCUT2D eigenvalue weighted by Gasteiger charge is -2.09. The van der Waals surface area contributed by atoms with Crippen molar-refractivity contribution in [3.8, 4) is 0 Å². The molecule has 0 aliphatic heterocycles. The Morgan fingerprint density at radius 1 is 1.39 bits per heavy atom. The smallest absolute Gasteiger partial charge is 0.270 e. The molecule has 2 N–H and O–H groups in total. The SMILES string of the molecule is CC(C)Sc1ccccc1C(=O)Nc1nn[nH]n1. The molecule has 6 nitrogen and oxygen atoms in total. The molecule has 0 fully saturated rings. The average Bonchev–Trinajstić information content (AvgIpc) is 2.81. The van der Waals surface area contributed by atoms with Crippen molar-refractivity contribution >= 4 is 23.6 Å². The van der Waals surface area contributed by atoms with Gasteiger partial charge < -0.3 is 0 Å². The highest BCUT2D eigenvalue weighted by Gasteiger charge is 2.13. The molecule has 0 spiro atoms. The van der Waals surface area contributed by atoms with E-state index in [1.165, 1.54) is 0 Å². The molecular formula is C11H13N5OS. The monoisotopic (exact) mass is 263 g/mol. The highest BCUT2D eigenvalue weighted by Crippen LogP contribution is 2.26. The van der Waals surface area contributed by atoms with E-state index < -0.39 is 0 Å². The summed E-state index contributed by atoms with van der Waals surface area (Å²) in [6.45, 7) is 4.16. The molecule has 2 aromatic rings. The topological polar surface area (TPSA) is 83.6 Å². The normalized spacial score (nSPS) is 10.6. The Hall–Kier alpha value is -1.89. The molecule has 7 heteroatoms. The molecule has 94 valence electrons. The summed E-state index contributed by atoms with van der Waals surface area (Å²) in [5, 5.41) is 16.0. The number of nitrogens with one attached hydrogen (secondary N) is 2. The number of aromatic nitrogens is 4. The van der Waals surface area contributed by atoms with Crippen molar-refractivity contribution in [3.05, 3.63) is 29.8 Å². The third kappa shape index (κ3) is 3.07. The van der Waals surface area contributed by atoms with Gasteiger partial charge in [-0.25, -0.2) is 0 Å². The summed E-state index contributed by atoms with van der Waals surface area (Å²) < 4.78 is 0. The average molecular weight is 263 g/mol. The molecule has 0 aliphatic carbocycles. The lowest BCUT2D eigenvalue weighted by Crippen LogP contribution is -2.14. The van der Waals surface area contributed by atoms with E-state index >= 15 is 0 Å². The van der Waals surface area contributed by atoms with Crippen LogP contribution in [0.3, 0.4) is 0 Å². The van der Waals surface area contributed by atoms with E-state index in [0.717, 1.165) is 4.90 Å². The van der Waals surface area contributed by atoms with Crippen LogP contribution in [0.5, 0.6) is 0 Å². The first kappa shape index (κ1) is 12.6. The van der Waals surface area contributed by atoms with Crippen molar-refractivity contribution in [2.24, 2.45) is 0 Å². The van der Waals surface area contributed by atoms with Gasteiger partial charge in [-0.3, -0.25) is 10.1 Å². The molecule has 1 amide bonds. The number of hydrogen-bond donors (Lipinski definition) is 2. The van der Waals surface area contributed by atoms with Gasteiger partial charge in [0.25, 0.3) is 11.9 Å². The summed E-state index contributed by atoms with van der Waals surface area (Å²) in [6.07, 6.45) is 0. The van der Waals surface area contributed by atoms with E-state index in [-0.39, 0.29) is 11.9 Å². The molecule has 0 aliphatic rings. The highest BCUT2D eigenvalue weighted by molar-refractivity contribution is 8.00. The van der Waals surface area contributed by atoms with Gasteiger partial charge in [0.15, 0.2) is 0 Å². The number of tetrazole rings is 1. The van der Waals surface area contributed by atoms with Crippen LogP contribution < -0.4 is 5.32 Å². The van der Waals surface area contributed by atoms with Crippen molar-refractivity contribution < 1.29 is 4.79 Å². The van der Waals surface area contributed by atoms with E-state index in [9.17, 15) is 4.79 Å². The first-order chi connectivity index (χ1) is 8.66. The van der Waals surface area contributed by atoms with Gasteiger partial charge in [-0.1, -0.05) is 31.1 Å². The minimum atomic E-state index is -0.236. The number of hydrogen-bond acceptors (Lipinski definition) is 5. The zero-order chi connectivity index (χ0) is 13.0. The van der Waals surface area contributed by atoms with Crippen LogP contribution in [0.4, 0.5) is 5.95 Å². The second kappa shape index (κ2) is 5.63. The number of carbonyl (C=O) groups excluding carboxylic acids is 1. The maximum Gasteiger partial charge on any atom is 0.270 e. The van der Waals surface area contributed by atoms with Crippen molar-refractivity contribution in [3.63, 3.8) is 0 Å². The highest BCUT2D eigenvalue weighted by atomic mass is 32.2. The van der Waals surface area contributed by atoms with Gasteiger partial charge in [0.2, 0.25) is 0 Å². The van der Waals surface area contributed by atoms with Gasteiger partial charge in [-0.15, -0.1) is 16.9 Å². The Morgan fingerprint density at radius 2 is 2.17 bits per heavy atom. The maximum atomic E-state index is 12.1. The van der Waals surface area contributed by atoms with E-state index in [2.05, 4.69) is 39.8 Å². The van der Waals surface area contributed by atoms with Crippen molar-refractivity contribution in [2.75, 3.05) is 5.32 Å². The summed E-state index contributed by atoms with van der Waals surface area (Å²) >= 11 is 1.64. The van der Waals surface area contributed by atoms with Crippen molar-refractivity contribution in [1.82, 2.24) is 20.6 Å².